The third-order valence-corrected chi connectivity index (χ3v) is 3.07. The maximum absolute atomic E-state index is 13.6. The average Bonchev–Trinajstić information content (AvgIpc) is 2.39. The Hall–Kier alpha value is -1.96. The summed E-state index contributed by atoms with van der Waals surface area (Å²) in [6.45, 7) is 2.00. The minimum absolute atomic E-state index is 0.253. The maximum atomic E-state index is 13.6. The first-order valence-corrected chi connectivity index (χ1v) is 5.96. The summed E-state index contributed by atoms with van der Waals surface area (Å²) < 4.78 is 13.6. The highest BCUT2D eigenvalue weighted by molar-refractivity contribution is 5.63. The van der Waals surface area contributed by atoms with E-state index in [1.807, 2.05) is 31.2 Å². The molecular formula is C16H15FO. The molecule has 2 heteroatoms. The highest BCUT2D eigenvalue weighted by Gasteiger charge is 2.13. The molecule has 0 amide bonds. The van der Waals surface area contributed by atoms with Crippen molar-refractivity contribution in [3.05, 3.63) is 71.0 Å². The van der Waals surface area contributed by atoms with Gasteiger partial charge in [-0.3, -0.25) is 0 Å². The fraction of sp³-hybridized carbons (Fsp3) is 0.188. The van der Waals surface area contributed by atoms with Crippen LogP contribution in [0.25, 0.3) is 0 Å². The molecule has 0 aliphatic carbocycles. The van der Waals surface area contributed by atoms with Gasteiger partial charge < -0.3 is 4.79 Å². The smallest absolute Gasteiger partial charge is 0.127 e. The normalized spacial score (nSPS) is 12.1. The third-order valence-electron chi connectivity index (χ3n) is 3.07. The Morgan fingerprint density at radius 3 is 2.39 bits per heavy atom. The van der Waals surface area contributed by atoms with Crippen molar-refractivity contribution in [2.45, 2.75) is 19.3 Å². The van der Waals surface area contributed by atoms with Crippen LogP contribution in [0.1, 0.15) is 22.6 Å². The van der Waals surface area contributed by atoms with Crippen LogP contribution in [0.5, 0.6) is 0 Å². The molecule has 92 valence electrons. The Labute approximate surface area is 106 Å². The zero-order chi connectivity index (χ0) is 13.0. The van der Waals surface area contributed by atoms with Crippen LogP contribution in [-0.4, -0.2) is 6.29 Å². The molecule has 18 heavy (non-hydrogen) atoms. The summed E-state index contributed by atoms with van der Waals surface area (Å²) in [5, 5.41) is 0. The van der Waals surface area contributed by atoms with Crippen LogP contribution >= 0.6 is 0 Å². The summed E-state index contributed by atoms with van der Waals surface area (Å²) in [6.07, 6.45) is 1.29. The first kappa shape index (κ1) is 12.5. The molecule has 0 N–H and O–H groups in total. The van der Waals surface area contributed by atoms with Gasteiger partial charge >= 0.3 is 0 Å². The number of halogens is 1. The molecule has 2 aromatic rings. The van der Waals surface area contributed by atoms with Crippen molar-refractivity contribution in [3.8, 4) is 0 Å². The molecule has 1 nitrogen and oxygen atoms in total. The van der Waals surface area contributed by atoms with Crippen molar-refractivity contribution in [2.75, 3.05) is 0 Å². The molecule has 2 rings (SSSR count). The van der Waals surface area contributed by atoms with Crippen molar-refractivity contribution >= 4 is 6.29 Å². The summed E-state index contributed by atoms with van der Waals surface area (Å²) >= 11 is 0. The van der Waals surface area contributed by atoms with Crippen LogP contribution in [0, 0.1) is 12.7 Å². The molecule has 1 unspecified atom stereocenters. The number of aldehydes is 1. The first-order valence-electron chi connectivity index (χ1n) is 5.96. The highest BCUT2D eigenvalue weighted by atomic mass is 19.1. The van der Waals surface area contributed by atoms with Crippen molar-refractivity contribution in [3.63, 3.8) is 0 Å². The van der Waals surface area contributed by atoms with Crippen LogP contribution in [0.15, 0.2) is 48.5 Å². The second kappa shape index (κ2) is 5.58. The van der Waals surface area contributed by atoms with Crippen molar-refractivity contribution in [2.24, 2.45) is 0 Å². The van der Waals surface area contributed by atoms with E-state index in [9.17, 15) is 9.18 Å². The lowest BCUT2D eigenvalue weighted by molar-refractivity contribution is -0.109. The van der Waals surface area contributed by atoms with Gasteiger partial charge in [-0.2, -0.15) is 0 Å². The van der Waals surface area contributed by atoms with E-state index in [0.717, 1.165) is 17.4 Å². The lowest BCUT2D eigenvalue weighted by Crippen LogP contribution is -2.05. The van der Waals surface area contributed by atoms with E-state index < -0.39 is 0 Å². The SMILES string of the molecule is Cc1ccc(C(C=O)Cc2ccccc2F)cc1. The largest absolute Gasteiger partial charge is 0.303 e. The molecule has 0 spiro atoms. The van der Waals surface area contributed by atoms with Gasteiger partial charge in [0.2, 0.25) is 0 Å². The number of hydrogen-bond acceptors (Lipinski definition) is 1. The molecule has 0 heterocycles. The lowest BCUT2D eigenvalue weighted by atomic mass is 9.92. The first-order chi connectivity index (χ1) is 8.70. The van der Waals surface area contributed by atoms with E-state index in [0.29, 0.717) is 12.0 Å². The Morgan fingerprint density at radius 1 is 1.11 bits per heavy atom. The molecule has 0 saturated carbocycles. The Bertz CT molecular complexity index is 531. The van der Waals surface area contributed by atoms with Crippen LogP contribution < -0.4 is 0 Å². The van der Waals surface area contributed by atoms with Crippen molar-refractivity contribution in [1.29, 1.82) is 0 Å². The molecule has 1 atom stereocenters. The number of carbonyl (C=O) groups excluding carboxylic acids is 1. The average molecular weight is 242 g/mol. The second-order valence-corrected chi connectivity index (χ2v) is 4.45. The number of carbonyl (C=O) groups is 1. The fourth-order valence-electron chi connectivity index (χ4n) is 1.96. The van der Waals surface area contributed by atoms with Gasteiger partial charge in [-0.25, -0.2) is 4.39 Å². The number of rotatable bonds is 4. The van der Waals surface area contributed by atoms with Crippen LogP contribution in [0.2, 0.25) is 0 Å². The van der Waals surface area contributed by atoms with Crippen LogP contribution in [0.3, 0.4) is 0 Å². The van der Waals surface area contributed by atoms with Gasteiger partial charge in [-0.1, -0.05) is 48.0 Å². The summed E-state index contributed by atoms with van der Waals surface area (Å²) in [7, 11) is 0. The van der Waals surface area contributed by atoms with Gasteiger partial charge in [-0.15, -0.1) is 0 Å². The predicted molar refractivity (Wildman–Crippen MR) is 70.1 cm³/mol. The topological polar surface area (TPSA) is 17.1 Å². The third kappa shape index (κ3) is 2.83. The molecule has 0 aliphatic heterocycles. The summed E-state index contributed by atoms with van der Waals surface area (Å²) in [6, 6.07) is 14.4. The van der Waals surface area contributed by atoms with Crippen LogP contribution in [0.4, 0.5) is 4.39 Å². The van der Waals surface area contributed by atoms with Gasteiger partial charge in [-0.05, 0) is 30.5 Å². The summed E-state index contributed by atoms with van der Waals surface area (Å²) in [5.41, 5.74) is 2.66. The minimum atomic E-state index is -0.289. The van der Waals surface area contributed by atoms with E-state index in [1.54, 1.807) is 18.2 Å². The van der Waals surface area contributed by atoms with E-state index in [-0.39, 0.29) is 11.7 Å². The Morgan fingerprint density at radius 2 is 1.78 bits per heavy atom. The molecule has 0 radical (unpaired) electrons. The molecule has 0 fully saturated rings. The van der Waals surface area contributed by atoms with E-state index in [2.05, 4.69) is 0 Å². The molecule has 0 saturated heterocycles. The standard InChI is InChI=1S/C16H15FO/c1-12-6-8-13(9-7-12)15(11-18)10-14-4-2-3-5-16(14)17/h2-9,11,15H,10H2,1H3. The predicted octanol–water partition coefficient (Wildman–Crippen LogP) is 3.66. The van der Waals surface area contributed by atoms with Gasteiger partial charge in [0.05, 0.1) is 0 Å². The molecule has 2 aromatic carbocycles. The van der Waals surface area contributed by atoms with E-state index in [1.165, 1.54) is 6.07 Å². The number of aryl methyl sites for hydroxylation is 1. The van der Waals surface area contributed by atoms with Crippen molar-refractivity contribution < 1.29 is 9.18 Å². The molecule has 0 bridgehead atoms. The van der Waals surface area contributed by atoms with Gasteiger partial charge in [0.1, 0.15) is 12.1 Å². The van der Waals surface area contributed by atoms with Gasteiger partial charge in [0.25, 0.3) is 0 Å². The summed E-state index contributed by atoms with van der Waals surface area (Å²) in [4.78, 5) is 11.2. The minimum Gasteiger partial charge on any atom is -0.303 e. The van der Waals surface area contributed by atoms with E-state index in [4.69, 9.17) is 0 Å². The van der Waals surface area contributed by atoms with E-state index >= 15 is 0 Å². The highest BCUT2D eigenvalue weighted by Crippen LogP contribution is 2.21. The monoisotopic (exact) mass is 242 g/mol. The summed E-state index contributed by atoms with van der Waals surface area (Å²) in [5.74, 6) is -0.543. The Balaban J connectivity index is 2.22. The number of hydrogen-bond donors (Lipinski definition) is 0. The number of benzene rings is 2. The molecular weight excluding hydrogens is 227 g/mol. The van der Waals surface area contributed by atoms with Crippen molar-refractivity contribution in [1.82, 2.24) is 0 Å². The fourth-order valence-corrected chi connectivity index (χ4v) is 1.96. The quantitative estimate of drug-likeness (QED) is 0.748. The molecule has 0 aliphatic rings. The molecule has 0 aromatic heterocycles. The lowest BCUT2D eigenvalue weighted by Gasteiger charge is -2.11. The second-order valence-electron chi connectivity index (χ2n) is 4.45. The zero-order valence-corrected chi connectivity index (χ0v) is 10.3. The maximum Gasteiger partial charge on any atom is 0.127 e. The van der Waals surface area contributed by atoms with Gasteiger partial charge in [0, 0.05) is 5.92 Å². The van der Waals surface area contributed by atoms with Gasteiger partial charge in [0.15, 0.2) is 0 Å². The zero-order valence-electron chi connectivity index (χ0n) is 10.3. The van der Waals surface area contributed by atoms with Crippen LogP contribution in [-0.2, 0) is 11.2 Å². The Kier molecular flexibility index (Phi) is 3.88.